The van der Waals surface area contributed by atoms with Crippen molar-refractivity contribution in [1.82, 2.24) is 19.8 Å². The number of methoxy groups -OCH3 is 1. The van der Waals surface area contributed by atoms with Gasteiger partial charge in [-0.2, -0.15) is 0 Å². The Morgan fingerprint density at radius 1 is 0.898 bits per heavy atom. The normalized spacial score (nSPS) is 12.6. The van der Waals surface area contributed by atoms with E-state index >= 15 is 0 Å². The SMILES string of the molecule is CCCN(CCC)S(=O)(=O)CCNC(=O)N[C@@H](Cc1cc(F)cc(F)c1)[C@H](O)CN(Cc1cccc(OC)c1)C(=O)OCc1ccccc1. The summed E-state index contributed by atoms with van der Waals surface area (Å²) in [5.74, 6) is -1.48. The lowest BCUT2D eigenvalue weighted by atomic mass is 10.0. The fraction of sp³-hybridized carbons (Fsp3) is 0.429. The maximum atomic E-state index is 14.1. The van der Waals surface area contributed by atoms with E-state index in [9.17, 15) is 31.9 Å². The first-order valence-corrected chi connectivity index (χ1v) is 17.8. The van der Waals surface area contributed by atoms with Crippen LogP contribution in [0.3, 0.4) is 0 Å². The predicted molar refractivity (Wildman–Crippen MR) is 182 cm³/mol. The number of aliphatic hydroxyl groups is 1. The van der Waals surface area contributed by atoms with Gasteiger partial charge in [-0.15, -0.1) is 0 Å². The van der Waals surface area contributed by atoms with Crippen LogP contribution in [0.2, 0.25) is 0 Å². The lowest BCUT2D eigenvalue weighted by Crippen LogP contribution is -2.53. The molecule has 0 radical (unpaired) electrons. The van der Waals surface area contributed by atoms with Gasteiger partial charge in [0.2, 0.25) is 10.0 Å². The van der Waals surface area contributed by atoms with E-state index in [1.165, 1.54) is 16.3 Å². The molecule has 0 aromatic heterocycles. The number of carbonyl (C=O) groups is 2. The van der Waals surface area contributed by atoms with E-state index in [4.69, 9.17) is 9.47 Å². The van der Waals surface area contributed by atoms with Crippen LogP contribution in [-0.4, -0.2) is 86.0 Å². The predicted octanol–water partition coefficient (Wildman–Crippen LogP) is 4.84. The number of aliphatic hydroxyl groups excluding tert-OH is 1. The fourth-order valence-electron chi connectivity index (χ4n) is 5.16. The highest BCUT2D eigenvalue weighted by molar-refractivity contribution is 7.89. The topological polar surface area (TPSA) is 138 Å². The molecule has 0 spiro atoms. The van der Waals surface area contributed by atoms with Crippen LogP contribution in [0.25, 0.3) is 0 Å². The Morgan fingerprint density at radius 2 is 1.55 bits per heavy atom. The van der Waals surface area contributed by atoms with Crippen molar-refractivity contribution in [3.8, 4) is 5.75 Å². The molecule has 11 nitrogen and oxygen atoms in total. The van der Waals surface area contributed by atoms with Gasteiger partial charge < -0.3 is 30.1 Å². The van der Waals surface area contributed by atoms with Gasteiger partial charge >= 0.3 is 12.1 Å². The number of hydrogen-bond donors (Lipinski definition) is 3. The Bertz CT molecular complexity index is 1570. The third-order valence-electron chi connectivity index (χ3n) is 7.52. The molecule has 2 atom stereocenters. The molecule has 268 valence electrons. The second-order valence-corrected chi connectivity index (χ2v) is 13.6. The minimum atomic E-state index is -3.64. The van der Waals surface area contributed by atoms with Crippen LogP contribution >= 0.6 is 0 Å². The van der Waals surface area contributed by atoms with Crippen molar-refractivity contribution in [2.45, 2.75) is 58.4 Å². The third kappa shape index (κ3) is 13.3. The zero-order chi connectivity index (χ0) is 35.8. The number of rotatable bonds is 19. The van der Waals surface area contributed by atoms with Gasteiger partial charge in [-0.05, 0) is 60.2 Å². The lowest BCUT2D eigenvalue weighted by molar-refractivity contribution is 0.0536. The summed E-state index contributed by atoms with van der Waals surface area (Å²) in [7, 11) is -2.13. The summed E-state index contributed by atoms with van der Waals surface area (Å²) in [5, 5.41) is 16.6. The number of benzene rings is 3. The number of ether oxygens (including phenoxy) is 2. The smallest absolute Gasteiger partial charge is 0.410 e. The molecule has 49 heavy (non-hydrogen) atoms. The highest BCUT2D eigenvalue weighted by Crippen LogP contribution is 2.18. The van der Waals surface area contributed by atoms with Gasteiger partial charge in [0, 0.05) is 32.2 Å². The van der Waals surface area contributed by atoms with Crippen molar-refractivity contribution in [1.29, 1.82) is 0 Å². The molecule has 3 aromatic rings. The van der Waals surface area contributed by atoms with Crippen molar-refractivity contribution < 1.29 is 41.4 Å². The minimum absolute atomic E-state index is 0.000722. The fourth-order valence-corrected chi connectivity index (χ4v) is 6.70. The molecule has 0 saturated carbocycles. The molecule has 3 amide bonds. The Balaban J connectivity index is 1.80. The van der Waals surface area contributed by atoms with E-state index in [0.717, 1.165) is 17.7 Å². The summed E-state index contributed by atoms with van der Waals surface area (Å²) in [6.45, 7) is 3.88. The van der Waals surface area contributed by atoms with Gasteiger partial charge in [0.05, 0.1) is 31.6 Å². The molecule has 0 aliphatic rings. The Kier molecular flexibility index (Phi) is 15.7. The summed E-state index contributed by atoms with van der Waals surface area (Å²) in [5.41, 5.74) is 1.56. The Hall–Kier alpha value is -4.27. The van der Waals surface area contributed by atoms with Crippen molar-refractivity contribution >= 4 is 22.1 Å². The summed E-state index contributed by atoms with van der Waals surface area (Å²) in [4.78, 5) is 27.7. The maximum Gasteiger partial charge on any atom is 0.410 e. The van der Waals surface area contributed by atoms with Crippen LogP contribution in [0.5, 0.6) is 5.75 Å². The van der Waals surface area contributed by atoms with E-state index in [2.05, 4.69) is 10.6 Å². The van der Waals surface area contributed by atoms with E-state index in [-0.39, 0.29) is 44.0 Å². The van der Waals surface area contributed by atoms with E-state index in [0.29, 0.717) is 43.3 Å². The summed E-state index contributed by atoms with van der Waals surface area (Å²) in [6.07, 6.45) is -1.14. The van der Waals surface area contributed by atoms with Gasteiger partial charge in [0.15, 0.2) is 0 Å². The van der Waals surface area contributed by atoms with Crippen molar-refractivity contribution in [2.24, 2.45) is 0 Å². The highest BCUT2D eigenvalue weighted by atomic mass is 32.2. The van der Waals surface area contributed by atoms with Crippen LogP contribution in [-0.2, 0) is 34.3 Å². The van der Waals surface area contributed by atoms with E-state index < -0.39 is 45.9 Å². The summed E-state index contributed by atoms with van der Waals surface area (Å²) in [6, 6.07) is 16.9. The first-order valence-electron chi connectivity index (χ1n) is 16.2. The molecule has 3 rings (SSSR count). The number of amides is 3. The largest absolute Gasteiger partial charge is 0.497 e. The van der Waals surface area contributed by atoms with Crippen LogP contribution < -0.4 is 15.4 Å². The molecular formula is C35H46F2N4O7S. The lowest BCUT2D eigenvalue weighted by Gasteiger charge is -2.30. The number of urea groups is 1. The van der Waals surface area contributed by atoms with Gasteiger partial charge in [-0.25, -0.2) is 31.1 Å². The minimum Gasteiger partial charge on any atom is -0.497 e. The van der Waals surface area contributed by atoms with Gasteiger partial charge in [-0.1, -0.05) is 56.3 Å². The summed E-state index contributed by atoms with van der Waals surface area (Å²) >= 11 is 0. The van der Waals surface area contributed by atoms with Gasteiger partial charge in [0.25, 0.3) is 0 Å². The molecule has 0 bridgehead atoms. The number of carbonyl (C=O) groups excluding carboxylic acids is 2. The van der Waals surface area contributed by atoms with Crippen molar-refractivity contribution in [3.05, 3.63) is 101 Å². The number of nitrogens with one attached hydrogen (secondary N) is 2. The average Bonchev–Trinajstić information content (AvgIpc) is 3.06. The highest BCUT2D eigenvalue weighted by Gasteiger charge is 2.28. The van der Waals surface area contributed by atoms with Crippen LogP contribution in [0.15, 0.2) is 72.8 Å². The van der Waals surface area contributed by atoms with Crippen molar-refractivity contribution in [2.75, 3.05) is 39.0 Å². The zero-order valence-electron chi connectivity index (χ0n) is 28.1. The first-order chi connectivity index (χ1) is 23.4. The molecule has 0 aliphatic heterocycles. The molecule has 14 heteroatoms. The Morgan fingerprint density at radius 3 is 2.18 bits per heavy atom. The maximum absolute atomic E-state index is 14.1. The third-order valence-corrected chi connectivity index (χ3v) is 9.39. The van der Waals surface area contributed by atoms with Crippen LogP contribution in [0.4, 0.5) is 18.4 Å². The van der Waals surface area contributed by atoms with E-state index in [1.54, 1.807) is 48.5 Å². The molecule has 0 heterocycles. The molecule has 0 fully saturated rings. The average molecular weight is 705 g/mol. The van der Waals surface area contributed by atoms with Gasteiger partial charge in [-0.3, -0.25) is 0 Å². The number of sulfonamides is 1. The number of hydrogen-bond acceptors (Lipinski definition) is 7. The zero-order valence-corrected chi connectivity index (χ0v) is 28.9. The molecule has 0 unspecified atom stereocenters. The van der Waals surface area contributed by atoms with E-state index in [1.807, 2.05) is 19.9 Å². The molecule has 0 aliphatic carbocycles. The molecular weight excluding hydrogens is 658 g/mol. The van der Waals surface area contributed by atoms with Crippen LogP contribution in [0.1, 0.15) is 43.4 Å². The summed E-state index contributed by atoms with van der Waals surface area (Å²) < 4.78 is 66.1. The molecule has 0 saturated heterocycles. The second kappa shape index (κ2) is 19.7. The Labute approximate surface area is 287 Å². The number of halogens is 2. The monoisotopic (exact) mass is 704 g/mol. The number of nitrogens with zero attached hydrogens (tertiary/aromatic N) is 2. The van der Waals surface area contributed by atoms with Crippen molar-refractivity contribution in [3.63, 3.8) is 0 Å². The molecule has 3 aromatic carbocycles. The second-order valence-electron chi connectivity index (χ2n) is 11.5. The van der Waals surface area contributed by atoms with Gasteiger partial charge in [0.1, 0.15) is 24.0 Å². The first kappa shape index (κ1) is 39.2. The molecule has 3 N–H and O–H groups in total. The standard InChI is InChI=1S/C35H46F2N4O7S/c1-4-15-41(16-5-2)49(45,46)17-14-38-34(43)39-32(21-28-18-29(36)22-30(37)19-28)33(42)24-40(23-27-12-9-13-31(20-27)47-3)35(44)48-25-26-10-7-6-8-11-26/h6-13,18-20,22,32-33,42H,4-5,14-17,21,23-25H2,1-3H3,(H2,38,39,43)/t32-,33+/m0/s1. The van der Waals surface area contributed by atoms with Crippen LogP contribution in [0, 0.1) is 11.6 Å². The quantitative estimate of drug-likeness (QED) is 0.163.